The summed E-state index contributed by atoms with van der Waals surface area (Å²) >= 11 is 5.53. The van der Waals surface area contributed by atoms with E-state index in [1.807, 2.05) is 0 Å². The molecule has 0 aliphatic carbocycles. The molecular formula is C10H21ClO3. The monoisotopic (exact) mass is 224 g/mol. The highest BCUT2D eigenvalue weighted by Crippen LogP contribution is 1.93. The van der Waals surface area contributed by atoms with E-state index in [0.717, 1.165) is 45.0 Å². The highest BCUT2D eigenvalue weighted by atomic mass is 35.5. The lowest BCUT2D eigenvalue weighted by molar-refractivity contribution is 0.0510. The molecule has 86 valence electrons. The first-order valence-corrected chi connectivity index (χ1v) is 5.65. The summed E-state index contributed by atoms with van der Waals surface area (Å²) in [5.41, 5.74) is 0. The Kier molecular flexibility index (Phi) is 13.3. The normalized spacial score (nSPS) is 10.7. The molecule has 0 spiro atoms. The molecule has 0 saturated heterocycles. The van der Waals surface area contributed by atoms with E-state index >= 15 is 0 Å². The molecule has 0 heterocycles. The first kappa shape index (κ1) is 14.2. The number of methoxy groups -OCH3 is 1. The van der Waals surface area contributed by atoms with Gasteiger partial charge in [0.2, 0.25) is 0 Å². The zero-order chi connectivity index (χ0) is 10.5. The van der Waals surface area contributed by atoms with Crippen LogP contribution in [0.1, 0.15) is 19.3 Å². The van der Waals surface area contributed by atoms with Crippen molar-refractivity contribution in [1.82, 2.24) is 0 Å². The molecule has 4 heteroatoms. The van der Waals surface area contributed by atoms with Crippen molar-refractivity contribution in [3.63, 3.8) is 0 Å². The SMILES string of the molecule is COCCOCCCOCCCCCl. The minimum atomic E-state index is 0.663. The third kappa shape index (κ3) is 12.2. The molecule has 0 atom stereocenters. The van der Waals surface area contributed by atoms with E-state index in [1.165, 1.54) is 0 Å². The van der Waals surface area contributed by atoms with Gasteiger partial charge in [-0.25, -0.2) is 0 Å². The molecule has 0 N–H and O–H groups in total. The Bertz CT molecular complexity index is 89.4. The Labute approximate surface area is 91.7 Å². The second kappa shape index (κ2) is 13.2. The fourth-order valence-corrected chi connectivity index (χ4v) is 1.10. The van der Waals surface area contributed by atoms with Crippen molar-refractivity contribution in [1.29, 1.82) is 0 Å². The molecule has 0 aliphatic heterocycles. The number of rotatable bonds is 11. The van der Waals surface area contributed by atoms with Gasteiger partial charge in [0.15, 0.2) is 0 Å². The maximum absolute atomic E-state index is 5.53. The smallest absolute Gasteiger partial charge is 0.0700 e. The summed E-state index contributed by atoms with van der Waals surface area (Å²) in [7, 11) is 1.67. The highest BCUT2D eigenvalue weighted by molar-refractivity contribution is 6.17. The quantitative estimate of drug-likeness (QED) is 0.397. The Morgan fingerprint density at radius 2 is 1.43 bits per heavy atom. The van der Waals surface area contributed by atoms with Crippen LogP contribution in [0.5, 0.6) is 0 Å². The predicted octanol–water partition coefficient (Wildman–Crippen LogP) is 2.08. The number of unbranched alkanes of at least 4 members (excludes halogenated alkanes) is 1. The van der Waals surface area contributed by atoms with E-state index in [4.69, 9.17) is 25.8 Å². The van der Waals surface area contributed by atoms with Crippen molar-refractivity contribution in [2.45, 2.75) is 19.3 Å². The lowest BCUT2D eigenvalue weighted by Gasteiger charge is -2.04. The number of hydrogen-bond donors (Lipinski definition) is 0. The summed E-state index contributed by atoms with van der Waals surface area (Å²) in [5, 5.41) is 0. The molecule has 0 aliphatic rings. The molecule has 0 aromatic carbocycles. The van der Waals surface area contributed by atoms with E-state index in [2.05, 4.69) is 0 Å². The van der Waals surface area contributed by atoms with Gasteiger partial charge >= 0.3 is 0 Å². The topological polar surface area (TPSA) is 27.7 Å². The van der Waals surface area contributed by atoms with Crippen LogP contribution in [-0.2, 0) is 14.2 Å². The summed E-state index contributed by atoms with van der Waals surface area (Å²) < 4.78 is 15.5. The number of alkyl halides is 1. The fraction of sp³-hybridized carbons (Fsp3) is 1.00. The van der Waals surface area contributed by atoms with Crippen LogP contribution in [0.4, 0.5) is 0 Å². The van der Waals surface area contributed by atoms with E-state index in [9.17, 15) is 0 Å². The maximum atomic E-state index is 5.53. The Hall–Kier alpha value is 0.170. The van der Waals surface area contributed by atoms with Gasteiger partial charge in [-0.1, -0.05) is 0 Å². The van der Waals surface area contributed by atoms with E-state index < -0.39 is 0 Å². The van der Waals surface area contributed by atoms with Gasteiger partial charge in [-0.2, -0.15) is 0 Å². The van der Waals surface area contributed by atoms with Gasteiger partial charge < -0.3 is 14.2 Å². The third-order valence-corrected chi connectivity index (χ3v) is 1.95. The lowest BCUT2D eigenvalue weighted by Crippen LogP contribution is -2.06. The molecule has 0 aromatic rings. The van der Waals surface area contributed by atoms with Gasteiger partial charge in [-0.3, -0.25) is 0 Å². The maximum Gasteiger partial charge on any atom is 0.0700 e. The second-order valence-electron chi connectivity index (χ2n) is 2.97. The molecule has 0 unspecified atom stereocenters. The molecule has 0 radical (unpaired) electrons. The van der Waals surface area contributed by atoms with Gasteiger partial charge in [0, 0.05) is 32.8 Å². The first-order valence-electron chi connectivity index (χ1n) is 5.12. The number of ether oxygens (including phenoxy) is 3. The van der Waals surface area contributed by atoms with Crippen molar-refractivity contribution in [2.75, 3.05) is 46.0 Å². The van der Waals surface area contributed by atoms with Gasteiger partial charge in [-0.15, -0.1) is 11.6 Å². The molecule has 0 aromatic heterocycles. The van der Waals surface area contributed by atoms with Crippen molar-refractivity contribution in [3.8, 4) is 0 Å². The van der Waals surface area contributed by atoms with Gasteiger partial charge in [0.05, 0.1) is 13.2 Å². The molecule has 0 bridgehead atoms. The van der Waals surface area contributed by atoms with Crippen LogP contribution in [0.25, 0.3) is 0 Å². The van der Waals surface area contributed by atoms with Crippen molar-refractivity contribution in [3.05, 3.63) is 0 Å². The largest absolute Gasteiger partial charge is 0.382 e. The molecule has 14 heavy (non-hydrogen) atoms. The van der Waals surface area contributed by atoms with Gasteiger partial charge in [0.1, 0.15) is 0 Å². The Morgan fingerprint density at radius 1 is 0.786 bits per heavy atom. The van der Waals surface area contributed by atoms with Crippen LogP contribution in [0, 0.1) is 0 Å². The summed E-state index contributed by atoms with van der Waals surface area (Å²) in [6.07, 6.45) is 3.03. The van der Waals surface area contributed by atoms with Crippen LogP contribution in [0.15, 0.2) is 0 Å². The summed E-state index contributed by atoms with van der Waals surface area (Å²) in [4.78, 5) is 0. The van der Waals surface area contributed by atoms with Crippen LogP contribution >= 0.6 is 11.6 Å². The minimum Gasteiger partial charge on any atom is -0.382 e. The van der Waals surface area contributed by atoms with Crippen molar-refractivity contribution < 1.29 is 14.2 Å². The molecular weight excluding hydrogens is 204 g/mol. The summed E-state index contributed by atoms with van der Waals surface area (Å²) in [6.45, 7) is 3.66. The summed E-state index contributed by atoms with van der Waals surface area (Å²) in [6, 6.07) is 0. The average molecular weight is 225 g/mol. The number of halogens is 1. The second-order valence-corrected chi connectivity index (χ2v) is 3.35. The van der Waals surface area contributed by atoms with Crippen molar-refractivity contribution >= 4 is 11.6 Å². The van der Waals surface area contributed by atoms with Gasteiger partial charge in [0.25, 0.3) is 0 Å². The number of hydrogen-bond acceptors (Lipinski definition) is 3. The van der Waals surface area contributed by atoms with Crippen LogP contribution < -0.4 is 0 Å². The van der Waals surface area contributed by atoms with E-state index in [1.54, 1.807) is 7.11 Å². The van der Waals surface area contributed by atoms with E-state index in [0.29, 0.717) is 13.2 Å². The molecule has 0 rings (SSSR count). The first-order chi connectivity index (χ1) is 6.91. The average Bonchev–Trinajstić information content (AvgIpc) is 2.21. The standard InChI is InChI=1S/C10H21ClO3/c1-12-9-10-14-8-4-7-13-6-3-2-5-11/h2-10H2,1H3. The van der Waals surface area contributed by atoms with Crippen LogP contribution in [-0.4, -0.2) is 46.0 Å². The zero-order valence-electron chi connectivity index (χ0n) is 8.97. The highest BCUT2D eigenvalue weighted by Gasteiger charge is 1.91. The van der Waals surface area contributed by atoms with Gasteiger partial charge in [-0.05, 0) is 19.3 Å². The molecule has 0 saturated carbocycles. The molecule has 0 amide bonds. The Morgan fingerprint density at radius 3 is 2.07 bits per heavy atom. The summed E-state index contributed by atoms with van der Waals surface area (Å²) in [5.74, 6) is 0.726. The lowest BCUT2D eigenvalue weighted by atomic mass is 10.3. The third-order valence-electron chi connectivity index (χ3n) is 1.68. The minimum absolute atomic E-state index is 0.663. The molecule has 0 fully saturated rings. The molecule has 3 nitrogen and oxygen atoms in total. The Balaban J connectivity index is 2.78. The van der Waals surface area contributed by atoms with Crippen LogP contribution in [0.2, 0.25) is 0 Å². The van der Waals surface area contributed by atoms with Crippen molar-refractivity contribution in [2.24, 2.45) is 0 Å². The zero-order valence-corrected chi connectivity index (χ0v) is 9.72. The van der Waals surface area contributed by atoms with E-state index in [-0.39, 0.29) is 0 Å². The predicted molar refractivity (Wildman–Crippen MR) is 58.1 cm³/mol. The van der Waals surface area contributed by atoms with Crippen LogP contribution in [0.3, 0.4) is 0 Å². The fourth-order valence-electron chi connectivity index (χ4n) is 0.908.